The zero-order valence-corrected chi connectivity index (χ0v) is 15.4. The Kier molecular flexibility index (Phi) is 3.65. The molecule has 8 nitrogen and oxygen atoms in total. The fourth-order valence-electron chi connectivity index (χ4n) is 2.91. The highest BCUT2D eigenvalue weighted by molar-refractivity contribution is 6.31. The van der Waals surface area contributed by atoms with Crippen LogP contribution in [0.2, 0.25) is 5.02 Å². The van der Waals surface area contributed by atoms with Gasteiger partial charge in [-0.2, -0.15) is 5.10 Å². The van der Waals surface area contributed by atoms with Gasteiger partial charge < -0.3 is 15.6 Å². The predicted molar refractivity (Wildman–Crippen MR) is 106 cm³/mol. The van der Waals surface area contributed by atoms with Gasteiger partial charge >= 0.3 is 0 Å². The van der Waals surface area contributed by atoms with Crippen LogP contribution in [0.3, 0.4) is 0 Å². The maximum atomic E-state index is 10.8. The molecule has 0 aliphatic rings. The number of fused-ring (bicyclic) bond motifs is 1. The molecule has 0 aliphatic carbocycles. The van der Waals surface area contributed by atoms with Crippen molar-refractivity contribution in [2.75, 3.05) is 5.73 Å². The molecule has 0 bridgehead atoms. The molecule has 0 saturated carbocycles. The van der Waals surface area contributed by atoms with Gasteiger partial charge in [-0.3, -0.25) is 4.68 Å². The SMILES string of the molecule is [2H]C([2H])([2H])n1cnc(C(C)Oc2c(O)cc(-c3cccc(Cl)c3)c3ncnc(N)c23)n1. The van der Waals surface area contributed by atoms with Gasteiger partial charge in [0.1, 0.15) is 18.5 Å². The fraction of sp³-hybridized carbons (Fsp3) is 0.158. The van der Waals surface area contributed by atoms with Crippen LogP contribution < -0.4 is 10.5 Å². The number of benzene rings is 2. The number of aryl methyl sites for hydroxylation is 1. The summed E-state index contributed by atoms with van der Waals surface area (Å²) in [5, 5.41) is 15.5. The number of phenols is 1. The second-order valence-electron chi connectivity index (χ2n) is 6.07. The second-order valence-corrected chi connectivity index (χ2v) is 6.51. The zero-order valence-electron chi connectivity index (χ0n) is 17.7. The molecule has 1 unspecified atom stereocenters. The van der Waals surface area contributed by atoms with Crippen LogP contribution in [0.1, 0.15) is 23.0 Å². The van der Waals surface area contributed by atoms with Crippen LogP contribution in [0.5, 0.6) is 11.5 Å². The van der Waals surface area contributed by atoms with Gasteiger partial charge in [0.15, 0.2) is 23.4 Å². The van der Waals surface area contributed by atoms with Crippen LogP contribution in [-0.2, 0) is 6.98 Å². The van der Waals surface area contributed by atoms with E-state index >= 15 is 0 Å². The number of phenolic OH excluding ortho intramolecular Hbond substituents is 1. The zero-order chi connectivity index (χ0) is 22.3. The summed E-state index contributed by atoms with van der Waals surface area (Å²) in [4.78, 5) is 12.3. The molecule has 4 aromatic rings. The van der Waals surface area contributed by atoms with E-state index in [2.05, 4.69) is 20.1 Å². The third kappa shape index (κ3) is 3.18. The van der Waals surface area contributed by atoms with Crippen LogP contribution in [0.4, 0.5) is 5.82 Å². The first kappa shape index (κ1) is 14.6. The number of anilines is 1. The van der Waals surface area contributed by atoms with Gasteiger partial charge in [0.05, 0.1) is 10.9 Å². The normalized spacial score (nSPS) is 14.3. The van der Waals surface area contributed by atoms with Crippen molar-refractivity contribution < 1.29 is 14.0 Å². The Hall–Kier alpha value is -3.39. The lowest BCUT2D eigenvalue weighted by Crippen LogP contribution is -2.08. The number of halogens is 1. The quantitative estimate of drug-likeness (QED) is 0.540. The first-order chi connectivity index (χ1) is 14.6. The highest BCUT2D eigenvalue weighted by Crippen LogP contribution is 2.44. The van der Waals surface area contributed by atoms with Crippen LogP contribution >= 0.6 is 11.6 Å². The number of ether oxygens (including phenoxy) is 1. The van der Waals surface area contributed by atoms with E-state index in [1.165, 1.54) is 12.4 Å². The minimum Gasteiger partial charge on any atom is -0.504 e. The third-order valence-corrected chi connectivity index (χ3v) is 4.41. The largest absolute Gasteiger partial charge is 0.504 e. The highest BCUT2D eigenvalue weighted by Gasteiger charge is 2.22. The Morgan fingerprint density at radius 3 is 2.89 bits per heavy atom. The van der Waals surface area contributed by atoms with Crippen molar-refractivity contribution in [2.45, 2.75) is 13.0 Å². The van der Waals surface area contributed by atoms with E-state index in [-0.39, 0.29) is 23.1 Å². The van der Waals surface area contributed by atoms with Gasteiger partial charge in [0, 0.05) is 21.7 Å². The predicted octanol–water partition coefficient (Wildman–Crippen LogP) is 3.51. The van der Waals surface area contributed by atoms with Crippen molar-refractivity contribution in [3.63, 3.8) is 0 Å². The average molecular weight is 400 g/mol. The van der Waals surface area contributed by atoms with E-state index < -0.39 is 13.1 Å². The molecular weight excluding hydrogens is 380 g/mol. The van der Waals surface area contributed by atoms with Gasteiger partial charge in [-0.05, 0) is 30.7 Å². The molecule has 0 amide bonds. The maximum absolute atomic E-state index is 10.8. The van der Waals surface area contributed by atoms with E-state index in [4.69, 9.17) is 26.2 Å². The van der Waals surface area contributed by atoms with Crippen LogP contribution in [-0.4, -0.2) is 29.8 Å². The number of rotatable bonds is 4. The Morgan fingerprint density at radius 1 is 1.29 bits per heavy atom. The van der Waals surface area contributed by atoms with Crippen molar-refractivity contribution in [1.29, 1.82) is 0 Å². The van der Waals surface area contributed by atoms with Crippen molar-refractivity contribution in [3.8, 4) is 22.6 Å². The number of hydrogen-bond donors (Lipinski definition) is 2. The summed E-state index contributed by atoms with van der Waals surface area (Å²) in [6, 6.07) is 8.58. The molecule has 0 radical (unpaired) electrons. The molecule has 28 heavy (non-hydrogen) atoms. The number of aromatic nitrogens is 5. The van der Waals surface area contributed by atoms with Crippen molar-refractivity contribution in [1.82, 2.24) is 24.7 Å². The van der Waals surface area contributed by atoms with Crippen molar-refractivity contribution in [3.05, 3.63) is 53.8 Å². The topological polar surface area (TPSA) is 112 Å². The molecule has 2 aromatic carbocycles. The lowest BCUT2D eigenvalue weighted by atomic mass is 10.0. The van der Waals surface area contributed by atoms with Gasteiger partial charge in [0.25, 0.3) is 0 Å². The molecule has 0 spiro atoms. The molecule has 4 rings (SSSR count). The Labute approximate surface area is 169 Å². The summed E-state index contributed by atoms with van der Waals surface area (Å²) in [6.07, 6.45) is 1.62. The van der Waals surface area contributed by atoms with Crippen LogP contribution in [0.25, 0.3) is 22.0 Å². The molecule has 0 fully saturated rings. The molecule has 0 aliphatic heterocycles. The summed E-state index contributed by atoms with van der Waals surface area (Å²) < 4.78 is 28.9. The Bertz CT molecular complexity index is 1280. The molecule has 2 aromatic heterocycles. The maximum Gasteiger partial charge on any atom is 0.191 e. The Balaban J connectivity index is 1.81. The molecule has 3 N–H and O–H groups in total. The molecule has 9 heteroatoms. The van der Waals surface area contributed by atoms with Gasteiger partial charge in [0.2, 0.25) is 0 Å². The van der Waals surface area contributed by atoms with Crippen molar-refractivity contribution in [2.24, 2.45) is 6.98 Å². The molecular formula is C19H17ClN6O2. The first-order valence-corrected chi connectivity index (χ1v) is 8.63. The lowest BCUT2D eigenvalue weighted by molar-refractivity contribution is 0.210. The van der Waals surface area contributed by atoms with Crippen molar-refractivity contribution >= 4 is 28.3 Å². The third-order valence-electron chi connectivity index (χ3n) is 4.18. The molecule has 0 saturated heterocycles. The summed E-state index contributed by atoms with van der Waals surface area (Å²) >= 11 is 6.12. The van der Waals surface area contributed by atoms with E-state index in [0.717, 1.165) is 16.6 Å². The minimum atomic E-state index is -2.46. The lowest BCUT2D eigenvalue weighted by Gasteiger charge is -2.17. The van der Waals surface area contributed by atoms with Gasteiger partial charge in [-0.15, -0.1) is 0 Å². The monoisotopic (exact) mass is 399 g/mol. The standard InChI is InChI=1S/C19H17ClN6O2/c1-10(19-24-9-26(2)25-19)28-17-14(27)7-13(11-4-3-5-12(20)6-11)16-15(17)18(21)23-8-22-16/h3-10,27H,1-2H3,(H2,21,22,23)/i2D3. The first-order valence-electron chi connectivity index (χ1n) is 9.76. The van der Waals surface area contributed by atoms with E-state index in [9.17, 15) is 5.11 Å². The fourth-order valence-corrected chi connectivity index (χ4v) is 3.10. The summed E-state index contributed by atoms with van der Waals surface area (Å²) in [5.74, 6) is 0.0630. The number of nitrogen functional groups attached to an aromatic ring is 1. The summed E-state index contributed by atoms with van der Waals surface area (Å²) in [7, 11) is 0. The molecule has 142 valence electrons. The minimum absolute atomic E-state index is 0.0385. The van der Waals surface area contributed by atoms with Gasteiger partial charge in [-0.25, -0.2) is 15.0 Å². The summed E-state index contributed by atoms with van der Waals surface area (Å²) in [6.45, 7) is -0.841. The second kappa shape index (κ2) is 6.97. The van der Waals surface area contributed by atoms with Crippen LogP contribution in [0.15, 0.2) is 43.0 Å². The number of hydrogen-bond acceptors (Lipinski definition) is 7. The van der Waals surface area contributed by atoms with E-state index in [0.29, 0.717) is 21.5 Å². The smallest absolute Gasteiger partial charge is 0.191 e. The highest BCUT2D eigenvalue weighted by atomic mass is 35.5. The van der Waals surface area contributed by atoms with Crippen LogP contribution in [0, 0.1) is 0 Å². The number of nitrogens with zero attached hydrogens (tertiary/aromatic N) is 5. The average Bonchev–Trinajstić information content (AvgIpc) is 3.21. The van der Waals surface area contributed by atoms with E-state index in [1.807, 2.05) is 6.07 Å². The molecule has 2 heterocycles. The number of nitrogens with two attached hydrogens (primary N) is 1. The van der Waals surface area contributed by atoms with E-state index in [1.54, 1.807) is 25.1 Å². The van der Waals surface area contributed by atoms with Gasteiger partial charge in [-0.1, -0.05) is 23.7 Å². The Morgan fingerprint density at radius 2 is 2.14 bits per heavy atom. The number of aromatic hydroxyl groups is 1. The summed E-state index contributed by atoms with van der Waals surface area (Å²) in [5.41, 5.74) is 7.87. The molecule has 1 atom stereocenters.